The highest BCUT2D eigenvalue weighted by Crippen LogP contribution is 2.25. The Kier molecular flexibility index (Phi) is 5.60. The molecule has 168 valence electrons. The highest BCUT2D eigenvalue weighted by atomic mass is 16.6. The molecule has 0 bridgehead atoms. The van der Waals surface area contributed by atoms with Crippen LogP contribution in [0, 0.1) is 18.3 Å². The van der Waals surface area contributed by atoms with E-state index in [1.54, 1.807) is 4.40 Å². The first kappa shape index (κ1) is 22.0. The van der Waals surface area contributed by atoms with Crippen LogP contribution in [0.2, 0.25) is 0 Å². The van der Waals surface area contributed by atoms with Gasteiger partial charge in [-0.05, 0) is 58.9 Å². The van der Waals surface area contributed by atoms with Crippen LogP contribution >= 0.6 is 0 Å². The van der Waals surface area contributed by atoms with E-state index in [1.165, 1.54) is 6.20 Å². The predicted octanol–water partition coefficient (Wildman–Crippen LogP) is 4.35. The predicted molar refractivity (Wildman–Crippen MR) is 123 cm³/mol. The fourth-order valence-electron chi connectivity index (χ4n) is 3.40. The summed E-state index contributed by atoms with van der Waals surface area (Å²) in [5.41, 5.74) is 3.48. The topological polar surface area (TPSA) is 110 Å². The molecular weight excluding hydrogens is 418 g/mol. The molecular formula is C24H25N7O2. The van der Waals surface area contributed by atoms with E-state index in [1.807, 2.05) is 81.9 Å². The number of fused-ring (bicyclic) bond motifs is 1. The zero-order chi connectivity index (χ0) is 23.8. The van der Waals surface area contributed by atoms with Gasteiger partial charge in [-0.15, -0.1) is 0 Å². The zero-order valence-corrected chi connectivity index (χ0v) is 19.2. The van der Waals surface area contributed by atoms with Crippen molar-refractivity contribution in [3.63, 3.8) is 0 Å². The molecule has 1 N–H and O–H groups in total. The summed E-state index contributed by atoms with van der Waals surface area (Å²) in [6.07, 6.45) is 4.70. The van der Waals surface area contributed by atoms with Crippen molar-refractivity contribution in [1.82, 2.24) is 29.2 Å². The first-order valence-corrected chi connectivity index (χ1v) is 10.5. The number of nitrogens with one attached hydrogen (secondary N) is 1. The lowest BCUT2D eigenvalue weighted by Crippen LogP contribution is -2.34. The Morgan fingerprint density at radius 2 is 1.97 bits per heavy atom. The summed E-state index contributed by atoms with van der Waals surface area (Å²) < 4.78 is 9.00. The molecule has 9 nitrogen and oxygen atoms in total. The molecule has 0 aliphatic carbocycles. The smallest absolute Gasteiger partial charge is 0.408 e. The minimum atomic E-state index is -0.599. The molecule has 0 saturated heterocycles. The van der Waals surface area contributed by atoms with Crippen LogP contribution in [-0.4, -0.2) is 35.6 Å². The normalized spacial score (nSPS) is 12.4. The number of aromatic nitrogens is 5. The van der Waals surface area contributed by atoms with Crippen LogP contribution in [0.25, 0.3) is 22.9 Å². The SMILES string of the molecule is Cc1cccc(-c2nc(C(C)NC(=O)OC(C)(C)C)cn2-c2ccc3ncc(C#N)n3c2)n1. The lowest BCUT2D eigenvalue weighted by Gasteiger charge is -2.21. The molecule has 4 rings (SSSR count). The number of amides is 1. The van der Waals surface area contributed by atoms with Crippen molar-refractivity contribution >= 4 is 11.7 Å². The Bertz CT molecular complexity index is 1370. The molecule has 4 heterocycles. The van der Waals surface area contributed by atoms with E-state index >= 15 is 0 Å². The second-order valence-corrected chi connectivity index (χ2v) is 8.76. The van der Waals surface area contributed by atoms with E-state index in [0.717, 1.165) is 11.4 Å². The van der Waals surface area contributed by atoms with Gasteiger partial charge in [-0.25, -0.2) is 19.7 Å². The number of pyridine rings is 2. The van der Waals surface area contributed by atoms with E-state index in [9.17, 15) is 10.1 Å². The maximum atomic E-state index is 12.3. The molecule has 4 aromatic rings. The average Bonchev–Trinajstić information content (AvgIpc) is 3.36. The highest BCUT2D eigenvalue weighted by Gasteiger charge is 2.22. The fraction of sp³-hybridized carbons (Fsp3) is 0.292. The van der Waals surface area contributed by atoms with Crippen LogP contribution < -0.4 is 5.32 Å². The Morgan fingerprint density at radius 1 is 1.18 bits per heavy atom. The van der Waals surface area contributed by atoms with Gasteiger partial charge in [0.15, 0.2) is 5.82 Å². The molecule has 9 heteroatoms. The number of rotatable bonds is 4. The summed E-state index contributed by atoms with van der Waals surface area (Å²) in [7, 11) is 0. The van der Waals surface area contributed by atoms with E-state index in [0.29, 0.717) is 28.6 Å². The Hall–Kier alpha value is -4.19. The van der Waals surface area contributed by atoms with Crippen LogP contribution in [0.3, 0.4) is 0 Å². The molecule has 1 amide bonds. The molecule has 0 aliphatic heterocycles. The third-order valence-electron chi connectivity index (χ3n) is 4.90. The Morgan fingerprint density at radius 3 is 2.67 bits per heavy atom. The number of imidazole rings is 2. The largest absolute Gasteiger partial charge is 0.444 e. The number of nitrogens with zero attached hydrogens (tertiary/aromatic N) is 6. The van der Waals surface area contributed by atoms with Gasteiger partial charge in [0.05, 0.1) is 23.6 Å². The minimum absolute atomic E-state index is 0.406. The quantitative estimate of drug-likeness (QED) is 0.502. The zero-order valence-electron chi connectivity index (χ0n) is 19.2. The van der Waals surface area contributed by atoms with Gasteiger partial charge in [-0.1, -0.05) is 6.07 Å². The Balaban J connectivity index is 1.78. The van der Waals surface area contributed by atoms with Gasteiger partial charge in [-0.2, -0.15) is 5.26 Å². The van der Waals surface area contributed by atoms with Crippen molar-refractivity contribution in [2.24, 2.45) is 0 Å². The van der Waals surface area contributed by atoms with Crippen molar-refractivity contribution in [2.75, 3.05) is 0 Å². The Labute approximate surface area is 191 Å². The number of alkyl carbamates (subject to hydrolysis) is 1. The first-order valence-electron chi connectivity index (χ1n) is 10.5. The van der Waals surface area contributed by atoms with Crippen molar-refractivity contribution in [3.8, 4) is 23.3 Å². The van der Waals surface area contributed by atoms with Gasteiger partial charge in [0, 0.05) is 18.1 Å². The van der Waals surface area contributed by atoms with Crippen LogP contribution in [0.1, 0.15) is 50.8 Å². The van der Waals surface area contributed by atoms with Gasteiger partial charge < -0.3 is 10.1 Å². The van der Waals surface area contributed by atoms with Gasteiger partial charge in [0.2, 0.25) is 0 Å². The van der Waals surface area contributed by atoms with Gasteiger partial charge >= 0.3 is 6.09 Å². The summed E-state index contributed by atoms with van der Waals surface area (Å²) in [5, 5.41) is 12.2. The van der Waals surface area contributed by atoms with Crippen molar-refractivity contribution in [1.29, 1.82) is 5.26 Å². The van der Waals surface area contributed by atoms with Crippen LogP contribution in [0.15, 0.2) is 48.9 Å². The molecule has 0 spiro atoms. The number of hydrogen-bond acceptors (Lipinski definition) is 6. The van der Waals surface area contributed by atoms with Crippen molar-refractivity contribution in [3.05, 3.63) is 66.0 Å². The molecule has 0 fully saturated rings. The van der Waals surface area contributed by atoms with Crippen molar-refractivity contribution in [2.45, 2.75) is 46.3 Å². The van der Waals surface area contributed by atoms with Gasteiger partial charge in [0.25, 0.3) is 0 Å². The van der Waals surface area contributed by atoms with Crippen LogP contribution in [-0.2, 0) is 4.74 Å². The molecule has 0 radical (unpaired) electrons. The molecule has 33 heavy (non-hydrogen) atoms. The maximum Gasteiger partial charge on any atom is 0.408 e. The van der Waals surface area contributed by atoms with Gasteiger partial charge in [0.1, 0.15) is 28.7 Å². The lowest BCUT2D eigenvalue weighted by molar-refractivity contribution is 0.0507. The van der Waals surface area contributed by atoms with Crippen LogP contribution in [0.5, 0.6) is 0 Å². The molecule has 0 aromatic carbocycles. The third-order valence-corrected chi connectivity index (χ3v) is 4.90. The second kappa shape index (κ2) is 8.39. The number of carbonyl (C=O) groups is 1. The van der Waals surface area contributed by atoms with Crippen LogP contribution in [0.4, 0.5) is 4.79 Å². The summed E-state index contributed by atoms with van der Waals surface area (Å²) in [5.74, 6) is 0.615. The van der Waals surface area contributed by atoms with Gasteiger partial charge in [-0.3, -0.25) is 8.97 Å². The second-order valence-electron chi connectivity index (χ2n) is 8.76. The van der Waals surface area contributed by atoms with Crippen molar-refractivity contribution < 1.29 is 9.53 Å². The molecule has 1 unspecified atom stereocenters. The maximum absolute atomic E-state index is 12.3. The summed E-state index contributed by atoms with van der Waals surface area (Å²) in [6, 6.07) is 11.2. The standard InChI is InChI=1S/C24H25N7O2/c1-15-7-6-8-19(27-15)22-29-20(16(2)28-23(32)33-24(3,4)5)14-31(22)17-9-10-21-26-12-18(11-25)30(21)13-17/h6-10,12-14,16H,1-5H3,(H,28,32). The number of ether oxygens (including phenoxy) is 1. The first-order chi connectivity index (χ1) is 15.6. The minimum Gasteiger partial charge on any atom is -0.444 e. The summed E-state index contributed by atoms with van der Waals surface area (Å²) >= 11 is 0. The summed E-state index contributed by atoms with van der Waals surface area (Å²) in [6.45, 7) is 9.21. The fourth-order valence-corrected chi connectivity index (χ4v) is 3.40. The molecule has 0 aliphatic rings. The van der Waals surface area contributed by atoms with E-state index < -0.39 is 17.7 Å². The number of hydrogen-bond donors (Lipinski definition) is 1. The van der Waals surface area contributed by atoms with E-state index in [4.69, 9.17) is 9.72 Å². The monoisotopic (exact) mass is 443 g/mol. The summed E-state index contributed by atoms with van der Waals surface area (Å²) in [4.78, 5) is 26.0. The third kappa shape index (κ3) is 4.70. The average molecular weight is 444 g/mol. The van der Waals surface area contributed by atoms with E-state index in [-0.39, 0.29) is 0 Å². The number of nitriles is 1. The molecule has 4 aromatic heterocycles. The van der Waals surface area contributed by atoms with E-state index in [2.05, 4.69) is 21.4 Å². The lowest BCUT2D eigenvalue weighted by atomic mass is 10.2. The molecule has 1 atom stereocenters. The number of aryl methyl sites for hydroxylation is 1. The molecule has 0 saturated carbocycles. The highest BCUT2D eigenvalue weighted by molar-refractivity contribution is 5.68. The number of carbonyl (C=O) groups excluding carboxylic acids is 1.